The van der Waals surface area contributed by atoms with Crippen molar-refractivity contribution < 1.29 is 0 Å². The van der Waals surface area contributed by atoms with E-state index in [4.69, 9.17) is 4.98 Å². The average Bonchev–Trinajstić information content (AvgIpc) is 2.77. The molecule has 0 N–H and O–H groups in total. The Balaban J connectivity index is 2.24. The molecule has 0 saturated carbocycles. The van der Waals surface area contributed by atoms with Gasteiger partial charge in [-0.25, -0.2) is 0 Å². The highest BCUT2D eigenvalue weighted by Crippen LogP contribution is 2.44. The van der Waals surface area contributed by atoms with Gasteiger partial charge in [0.25, 0.3) is 0 Å². The molecule has 1 nitrogen and oxygen atoms in total. The van der Waals surface area contributed by atoms with E-state index in [-0.39, 0.29) is 10.8 Å². The number of aromatic nitrogens is 1. The van der Waals surface area contributed by atoms with Gasteiger partial charge in [-0.3, -0.25) is 4.98 Å². The fourth-order valence-corrected chi connectivity index (χ4v) is 8.31. The molecule has 0 unspecified atom stereocenters. The van der Waals surface area contributed by atoms with Gasteiger partial charge in [0.1, 0.15) is 0 Å². The van der Waals surface area contributed by atoms with Crippen molar-refractivity contribution >= 4 is 23.8 Å². The molecule has 0 amide bonds. The highest BCUT2D eigenvalue weighted by molar-refractivity contribution is 7.80. The van der Waals surface area contributed by atoms with Crippen LogP contribution in [0.15, 0.2) is 66.9 Å². The quantitative estimate of drug-likeness (QED) is 0.245. The Hall–Kier alpha value is -2.76. The van der Waals surface area contributed by atoms with Gasteiger partial charge in [0.05, 0.1) is 5.69 Å². The van der Waals surface area contributed by atoms with Crippen LogP contribution in [-0.2, 0) is 10.8 Å². The van der Waals surface area contributed by atoms with Crippen molar-refractivity contribution in [2.45, 2.75) is 87.0 Å². The summed E-state index contributed by atoms with van der Waals surface area (Å²) in [5.74, 6) is 0. The molecule has 0 spiro atoms. The average molecular weight is 522 g/mol. The molecule has 1 aromatic heterocycles. The molecule has 1 heterocycles. The van der Waals surface area contributed by atoms with Crippen LogP contribution >= 0.6 is 7.92 Å². The number of nitrogens with zero attached hydrogens (tertiary/aromatic N) is 1. The van der Waals surface area contributed by atoms with E-state index in [1.807, 2.05) is 6.20 Å². The fourth-order valence-electron chi connectivity index (χ4n) is 5.41. The molecule has 38 heavy (non-hydrogen) atoms. The van der Waals surface area contributed by atoms with Crippen LogP contribution in [0.2, 0.25) is 0 Å². The predicted molar refractivity (Wildman–Crippen MR) is 169 cm³/mol. The Labute approximate surface area is 232 Å². The highest BCUT2D eigenvalue weighted by Gasteiger charge is 2.31. The minimum Gasteiger partial charge on any atom is -0.256 e. The molecule has 0 fully saturated rings. The summed E-state index contributed by atoms with van der Waals surface area (Å²) in [7, 11) is -0.834. The maximum atomic E-state index is 5.03. The first kappa shape index (κ1) is 28.3. The molecular weight excluding hydrogens is 477 g/mol. The summed E-state index contributed by atoms with van der Waals surface area (Å²) in [5, 5.41) is 4.22. The molecule has 0 aliphatic carbocycles. The molecule has 198 valence electrons. The molecule has 4 aromatic rings. The Kier molecular flexibility index (Phi) is 7.75. The van der Waals surface area contributed by atoms with E-state index < -0.39 is 7.92 Å². The number of hydrogen-bond donors (Lipinski definition) is 0. The SMILES string of the molecule is Cc1cc(C)cc(P(c2cc(C)cc(C)c2)c2cc(C(C)(C)C)cc(C(C)(C)C)c2-c2ncccc2C)c1. The first-order valence-electron chi connectivity index (χ1n) is 13.7. The van der Waals surface area contributed by atoms with Crippen molar-refractivity contribution in [1.82, 2.24) is 4.98 Å². The molecule has 4 rings (SSSR count). The van der Waals surface area contributed by atoms with Gasteiger partial charge in [-0.2, -0.15) is 0 Å². The number of rotatable bonds is 4. The van der Waals surface area contributed by atoms with Gasteiger partial charge in [0, 0.05) is 11.8 Å². The molecule has 3 aromatic carbocycles. The zero-order chi connectivity index (χ0) is 28.0. The molecule has 0 aliphatic heterocycles. The van der Waals surface area contributed by atoms with E-state index in [1.165, 1.54) is 60.4 Å². The minimum atomic E-state index is -0.834. The lowest BCUT2D eigenvalue weighted by Crippen LogP contribution is -2.29. The third-order valence-electron chi connectivity index (χ3n) is 7.21. The lowest BCUT2D eigenvalue weighted by atomic mass is 9.77. The second-order valence-corrected chi connectivity index (χ2v) is 15.3. The standard InChI is InChI=1S/C36H44NP/c1-23-15-24(2)18-29(17-23)38(30-19-25(3)16-26(4)20-30)32-22-28(35(6,7)8)21-31(36(9,10)11)33(32)34-27(5)13-12-14-37-34/h12-22H,1-11H3. The van der Waals surface area contributed by atoms with Crippen LogP contribution in [0.3, 0.4) is 0 Å². The fraction of sp³-hybridized carbons (Fsp3) is 0.361. The van der Waals surface area contributed by atoms with Crippen LogP contribution in [-0.4, -0.2) is 4.98 Å². The zero-order valence-electron chi connectivity index (χ0n) is 25.2. The summed E-state index contributed by atoms with van der Waals surface area (Å²) in [4.78, 5) is 5.03. The molecular formula is C36H44NP. The molecule has 0 saturated heterocycles. The van der Waals surface area contributed by atoms with Crippen molar-refractivity contribution in [2.75, 3.05) is 0 Å². The Morgan fingerprint density at radius 3 is 1.53 bits per heavy atom. The van der Waals surface area contributed by atoms with Gasteiger partial charge in [0.2, 0.25) is 0 Å². The zero-order valence-corrected chi connectivity index (χ0v) is 26.1. The van der Waals surface area contributed by atoms with Crippen LogP contribution in [0.25, 0.3) is 11.3 Å². The van der Waals surface area contributed by atoms with Gasteiger partial charge in [-0.1, -0.05) is 112 Å². The van der Waals surface area contributed by atoms with Crippen molar-refractivity contribution in [3.8, 4) is 11.3 Å². The first-order valence-corrected chi connectivity index (χ1v) is 15.1. The summed E-state index contributed by atoms with van der Waals surface area (Å²) in [5.41, 5.74) is 11.6. The van der Waals surface area contributed by atoms with Gasteiger partial charge < -0.3 is 0 Å². The van der Waals surface area contributed by atoms with E-state index in [0.717, 1.165) is 5.69 Å². The third-order valence-corrected chi connectivity index (χ3v) is 9.59. The second kappa shape index (κ2) is 10.4. The van der Waals surface area contributed by atoms with Crippen molar-refractivity contribution in [3.05, 3.63) is 106 Å². The van der Waals surface area contributed by atoms with Crippen molar-refractivity contribution in [3.63, 3.8) is 0 Å². The van der Waals surface area contributed by atoms with Gasteiger partial charge in [0.15, 0.2) is 0 Å². The summed E-state index contributed by atoms with van der Waals surface area (Å²) < 4.78 is 0. The molecule has 0 atom stereocenters. The van der Waals surface area contributed by atoms with E-state index in [1.54, 1.807) is 0 Å². The maximum absolute atomic E-state index is 5.03. The van der Waals surface area contributed by atoms with Crippen LogP contribution in [0, 0.1) is 34.6 Å². The Morgan fingerprint density at radius 2 is 1.11 bits per heavy atom. The second-order valence-electron chi connectivity index (χ2n) is 13.1. The monoisotopic (exact) mass is 521 g/mol. The molecule has 0 bridgehead atoms. The van der Waals surface area contributed by atoms with E-state index in [9.17, 15) is 0 Å². The predicted octanol–water partition coefficient (Wildman–Crippen LogP) is 8.64. The highest BCUT2D eigenvalue weighted by atomic mass is 31.1. The van der Waals surface area contributed by atoms with Crippen LogP contribution in [0.4, 0.5) is 0 Å². The summed E-state index contributed by atoms with van der Waals surface area (Å²) in [6.07, 6.45) is 1.95. The maximum Gasteiger partial charge on any atom is 0.0740 e. The van der Waals surface area contributed by atoms with E-state index >= 15 is 0 Å². The topological polar surface area (TPSA) is 12.9 Å². The van der Waals surface area contributed by atoms with Crippen LogP contribution in [0.5, 0.6) is 0 Å². The third kappa shape index (κ3) is 5.94. The van der Waals surface area contributed by atoms with E-state index in [0.29, 0.717) is 0 Å². The summed E-state index contributed by atoms with van der Waals surface area (Å²) in [6, 6.07) is 23.4. The number of pyridine rings is 1. The lowest BCUT2D eigenvalue weighted by molar-refractivity contribution is 0.570. The van der Waals surface area contributed by atoms with Crippen LogP contribution in [0.1, 0.15) is 80.5 Å². The smallest absolute Gasteiger partial charge is 0.0740 e. The Bertz CT molecular complexity index is 1390. The molecule has 0 aliphatic rings. The van der Waals surface area contributed by atoms with Gasteiger partial charge in [-0.05, 0) is 98.1 Å². The van der Waals surface area contributed by atoms with Crippen LogP contribution < -0.4 is 15.9 Å². The summed E-state index contributed by atoms with van der Waals surface area (Å²) in [6.45, 7) is 25.1. The number of hydrogen-bond acceptors (Lipinski definition) is 1. The molecule has 0 radical (unpaired) electrons. The minimum absolute atomic E-state index is 0.0263. The lowest BCUT2D eigenvalue weighted by Gasteiger charge is -2.33. The number of aryl methyl sites for hydroxylation is 5. The Morgan fingerprint density at radius 1 is 0.605 bits per heavy atom. The van der Waals surface area contributed by atoms with E-state index in [2.05, 4.69) is 137 Å². The van der Waals surface area contributed by atoms with Gasteiger partial charge >= 0.3 is 0 Å². The number of benzene rings is 3. The normalized spacial score (nSPS) is 12.3. The van der Waals surface area contributed by atoms with Crippen molar-refractivity contribution in [2.24, 2.45) is 0 Å². The van der Waals surface area contributed by atoms with Crippen molar-refractivity contribution in [1.29, 1.82) is 0 Å². The largest absolute Gasteiger partial charge is 0.256 e. The first-order chi connectivity index (χ1) is 17.6. The van der Waals surface area contributed by atoms with Gasteiger partial charge in [-0.15, -0.1) is 0 Å². The summed E-state index contributed by atoms with van der Waals surface area (Å²) >= 11 is 0. The molecule has 2 heteroatoms.